The smallest absolute Gasteiger partial charge is 0.176 e. The maximum absolute atomic E-state index is 13.0. The fraction of sp³-hybridized carbons (Fsp3) is 0.462. The van der Waals surface area contributed by atoms with Gasteiger partial charge in [-0.3, -0.25) is 9.69 Å². The van der Waals surface area contributed by atoms with Crippen molar-refractivity contribution in [2.45, 2.75) is 12.5 Å². The summed E-state index contributed by atoms with van der Waals surface area (Å²) in [5.41, 5.74) is 0.427. The lowest BCUT2D eigenvalue weighted by molar-refractivity contribution is 0.0906. The van der Waals surface area contributed by atoms with Gasteiger partial charge in [0.2, 0.25) is 0 Å². The third-order valence-electron chi connectivity index (χ3n) is 3.07. The highest BCUT2D eigenvalue weighted by atomic mass is 19.1. The van der Waals surface area contributed by atoms with Gasteiger partial charge in [-0.2, -0.15) is 0 Å². The first-order valence-electron chi connectivity index (χ1n) is 5.73. The topological polar surface area (TPSA) is 29.5 Å². The zero-order chi connectivity index (χ0) is 12.3. The summed E-state index contributed by atoms with van der Waals surface area (Å²) in [6, 6.07) is 6.12. The van der Waals surface area contributed by atoms with E-state index >= 15 is 0 Å². The van der Waals surface area contributed by atoms with E-state index in [4.69, 9.17) is 4.74 Å². The Kier molecular flexibility index (Phi) is 3.86. The van der Waals surface area contributed by atoms with Crippen LogP contribution >= 0.6 is 0 Å². The lowest BCUT2D eigenvalue weighted by Crippen LogP contribution is -2.36. The maximum atomic E-state index is 13.0. The molecule has 92 valence electrons. The second-order valence-corrected chi connectivity index (χ2v) is 4.37. The second kappa shape index (κ2) is 5.38. The molecule has 0 aliphatic carbocycles. The van der Waals surface area contributed by atoms with E-state index in [1.54, 1.807) is 12.1 Å². The van der Waals surface area contributed by atoms with Crippen LogP contribution in [0.4, 0.5) is 4.39 Å². The number of rotatable bonds is 4. The normalized spacial score (nSPS) is 19.8. The van der Waals surface area contributed by atoms with Crippen molar-refractivity contribution in [2.24, 2.45) is 0 Å². The van der Waals surface area contributed by atoms with E-state index in [-0.39, 0.29) is 11.6 Å². The fourth-order valence-electron chi connectivity index (χ4n) is 1.98. The molecule has 1 aliphatic rings. The number of ether oxygens (including phenoxy) is 1. The van der Waals surface area contributed by atoms with Crippen molar-refractivity contribution < 1.29 is 13.9 Å². The van der Waals surface area contributed by atoms with Crippen molar-refractivity contribution in [2.75, 3.05) is 26.8 Å². The molecule has 0 bridgehead atoms. The fourth-order valence-corrected chi connectivity index (χ4v) is 1.98. The van der Waals surface area contributed by atoms with Gasteiger partial charge in [0.1, 0.15) is 5.82 Å². The summed E-state index contributed by atoms with van der Waals surface area (Å²) in [5.74, 6) is -0.429. The van der Waals surface area contributed by atoms with E-state index < -0.39 is 0 Å². The molecule has 1 saturated heterocycles. The monoisotopic (exact) mass is 237 g/mol. The van der Waals surface area contributed by atoms with Gasteiger partial charge in [-0.1, -0.05) is 12.1 Å². The first-order chi connectivity index (χ1) is 8.16. The third kappa shape index (κ3) is 3.11. The minimum Gasteiger partial charge on any atom is -0.380 e. The van der Waals surface area contributed by atoms with Crippen LogP contribution < -0.4 is 0 Å². The van der Waals surface area contributed by atoms with Crippen LogP contribution in [0.15, 0.2) is 24.3 Å². The Bertz CT molecular complexity index is 402. The minimum absolute atomic E-state index is 0.0566. The van der Waals surface area contributed by atoms with E-state index in [1.165, 1.54) is 12.1 Å². The van der Waals surface area contributed by atoms with E-state index in [0.717, 1.165) is 13.0 Å². The number of ketones is 1. The first kappa shape index (κ1) is 12.2. The Morgan fingerprint density at radius 1 is 1.59 bits per heavy atom. The van der Waals surface area contributed by atoms with Crippen molar-refractivity contribution in [1.29, 1.82) is 0 Å². The quantitative estimate of drug-likeness (QED) is 0.747. The molecule has 0 N–H and O–H groups in total. The maximum Gasteiger partial charge on any atom is 0.176 e. The van der Waals surface area contributed by atoms with Crippen LogP contribution in [0.2, 0.25) is 0 Å². The Hall–Kier alpha value is -1.26. The van der Waals surface area contributed by atoms with Gasteiger partial charge >= 0.3 is 0 Å². The summed E-state index contributed by atoms with van der Waals surface area (Å²) in [5, 5.41) is 0. The zero-order valence-electron chi connectivity index (χ0n) is 9.86. The van der Waals surface area contributed by atoms with Crippen molar-refractivity contribution >= 4 is 5.78 Å². The Morgan fingerprint density at radius 2 is 2.41 bits per heavy atom. The van der Waals surface area contributed by atoms with E-state index in [9.17, 15) is 9.18 Å². The van der Waals surface area contributed by atoms with Gasteiger partial charge in [-0.25, -0.2) is 4.39 Å². The van der Waals surface area contributed by atoms with Crippen molar-refractivity contribution in [3.05, 3.63) is 35.6 Å². The molecule has 0 amide bonds. The molecule has 1 aromatic rings. The van der Waals surface area contributed by atoms with Crippen LogP contribution in [0.5, 0.6) is 0 Å². The van der Waals surface area contributed by atoms with Gasteiger partial charge in [0, 0.05) is 18.2 Å². The van der Waals surface area contributed by atoms with Gasteiger partial charge in [-0.05, 0) is 25.6 Å². The van der Waals surface area contributed by atoms with E-state index in [2.05, 4.69) is 0 Å². The number of Topliss-reactive ketones (excluding diaryl/α,β-unsaturated/α-hetero) is 1. The van der Waals surface area contributed by atoms with Gasteiger partial charge < -0.3 is 4.74 Å². The molecule has 2 rings (SSSR count). The van der Waals surface area contributed by atoms with Crippen molar-refractivity contribution in [1.82, 2.24) is 4.90 Å². The molecule has 0 aromatic heterocycles. The summed E-state index contributed by atoms with van der Waals surface area (Å²) in [6.07, 6.45) is 0.951. The van der Waals surface area contributed by atoms with Crippen LogP contribution in [-0.4, -0.2) is 43.5 Å². The molecule has 0 spiro atoms. The molecule has 1 unspecified atom stereocenters. The molecule has 1 aliphatic heterocycles. The summed E-state index contributed by atoms with van der Waals surface area (Å²) >= 11 is 0. The molecule has 1 atom stereocenters. The molecule has 0 radical (unpaired) electrons. The molecule has 4 heteroatoms. The highest BCUT2D eigenvalue weighted by Gasteiger charge is 2.22. The number of likely N-dealkylation sites (N-methyl/N-ethyl adjacent to an activating group) is 1. The Morgan fingerprint density at radius 3 is 3.06 bits per heavy atom. The van der Waals surface area contributed by atoms with Gasteiger partial charge in [0.05, 0.1) is 13.2 Å². The lowest BCUT2D eigenvalue weighted by Gasteiger charge is -2.21. The molecular formula is C13H16FNO2. The molecular weight excluding hydrogens is 221 g/mol. The van der Waals surface area contributed by atoms with E-state index in [1.807, 2.05) is 11.9 Å². The number of carbonyl (C=O) groups is 1. The summed E-state index contributed by atoms with van der Waals surface area (Å²) in [6.45, 7) is 1.73. The van der Waals surface area contributed by atoms with Crippen LogP contribution in [0.3, 0.4) is 0 Å². The number of halogens is 1. The standard InChI is InChI=1S/C13H16FNO2/c1-15(12-5-6-17-9-12)8-13(16)10-3-2-4-11(14)7-10/h2-4,7,12H,5-6,8-9H2,1H3. The second-order valence-electron chi connectivity index (χ2n) is 4.37. The molecule has 17 heavy (non-hydrogen) atoms. The van der Waals surface area contributed by atoms with Crippen molar-refractivity contribution in [3.63, 3.8) is 0 Å². The Balaban J connectivity index is 1.96. The Labute approximate surface area is 100 Å². The zero-order valence-corrected chi connectivity index (χ0v) is 9.86. The summed E-state index contributed by atoms with van der Waals surface area (Å²) in [4.78, 5) is 13.9. The average Bonchev–Trinajstić information content (AvgIpc) is 2.82. The van der Waals surface area contributed by atoms with Crippen LogP contribution in [0.1, 0.15) is 16.8 Å². The summed E-state index contributed by atoms with van der Waals surface area (Å²) < 4.78 is 18.3. The van der Waals surface area contributed by atoms with Crippen LogP contribution in [0, 0.1) is 5.82 Å². The number of benzene rings is 1. The van der Waals surface area contributed by atoms with Gasteiger partial charge in [-0.15, -0.1) is 0 Å². The SMILES string of the molecule is CN(CC(=O)c1cccc(F)c1)C1CCOC1. The highest BCUT2D eigenvalue weighted by molar-refractivity contribution is 5.97. The van der Waals surface area contributed by atoms with Crippen LogP contribution in [-0.2, 0) is 4.74 Å². The molecule has 3 nitrogen and oxygen atoms in total. The first-order valence-corrected chi connectivity index (χ1v) is 5.73. The molecule has 0 saturated carbocycles. The van der Waals surface area contributed by atoms with Crippen molar-refractivity contribution in [3.8, 4) is 0 Å². The largest absolute Gasteiger partial charge is 0.380 e. The number of hydrogen-bond donors (Lipinski definition) is 0. The highest BCUT2D eigenvalue weighted by Crippen LogP contribution is 2.12. The van der Waals surface area contributed by atoms with Crippen LogP contribution in [0.25, 0.3) is 0 Å². The predicted octanol–water partition coefficient (Wildman–Crippen LogP) is 1.73. The van der Waals surface area contributed by atoms with E-state index in [0.29, 0.717) is 24.8 Å². The summed E-state index contributed by atoms with van der Waals surface area (Å²) in [7, 11) is 1.90. The van der Waals surface area contributed by atoms with Gasteiger partial charge in [0.25, 0.3) is 0 Å². The number of carbonyl (C=O) groups excluding carboxylic acids is 1. The lowest BCUT2D eigenvalue weighted by atomic mass is 10.1. The third-order valence-corrected chi connectivity index (χ3v) is 3.07. The molecule has 1 heterocycles. The average molecular weight is 237 g/mol. The minimum atomic E-state index is -0.372. The van der Waals surface area contributed by atoms with Gasteiger partial charge in [0.15, 0.2) is 5.78 Å². The number of hydrogen-bond acceptors (Lipinski definition) is 3. The number of nitrogens with zero attached hydrogens (tertiary/aromatic N) is 1. The molecule has 1 fully saturated rings. The predicted molar refractivity (Wildman–Crippen MR) is 62.6 cm³/mol. The molecule has 1 aromatic carbocycles.